The molecule has 0 aromatic heterocycles. The highest BCUT2D eigenvalue weighted by molar-refractivity contribution is 7.99. The second kappa shape index (κ2) is 4.37. The first-order valence-electron chi connectivity index (χ1n) is 4.88. The van der Waals surface area contributed by atoms with Crippen molar-refractivity contribution < 1.29 is 21.6 Å². The lowest BCUT2D eigenvalue weighted by molar-refractivity contribution is 0.220. The van der Waals surface area contributed by atoms with E-state index in [1.807, 2.05) is 0 Å². The molecule has 7 heteroatoms. The fourth-order valence-corrected chi connectivity index (χ4v) is 6.61. The smallest absolute Gasteiger partial charge is 0.161 e. The summed E-state index contributed by atoms with van der Waals surface area (Å²) in [5, 5.41) is 0. The van der Waals surface area contributed by atoms with Gasteiger partial charge in [-0.1, -0.05) is 6.08 Å². The summed E-state index contributed by atoms with van der Waals surface area (Å²) in [4.78, 5) is 0. The predicted octanol–water partition coefficient (Wildman–Crippen LogP) is 0.139. The summed E-state index contributed by atoms with van der Waals surface area (Å²) in [6.07, 6.45) is 2.98. The highest BCUT2D eigenvalue weighted by atomic mass is 32.2. The van der Waals surface area contributed by atoms with Gasteiger partial charge in [0.15, 0.2) is 19.7 Å². The molecule has 0 spiro atoms. The van der Waals surface area contributed by atoms with Gasteiger partial charge in [0.1, 0.15) is 11.4 Å². The third-order valence-corrected chi connectivity index (χ3v) is 7.41. The standard InChI is InChI=1S/C9H16O5S2/c1-3-4-14-7-9(2)8-15(10,11)5-6-16(9,12)13/h3-4H,5-8H2,1-2H3/b4-3+. The van der Waals surface area contributed by atoms with Crippen LogP contribution in [0.3, 0.4) is 0 Å². The Bertz CT molecular complexity index is 474. The third-order valence-electron chi connectivity index (χ3n) is 2.56. The van der Waals surface area contributed by atoms with Gasteiger partial charge >= 0.3 is 0 Å². The number of sulfone groups is 2. The fraction of sp³-hybridized carbons (Fsp3) is 0.778. The molecule has 0 aromatic carbocycles. The van der Waals surface area contributed by atoms with Gasteiger partial charge in [0, 0.05) is 0 Å². The Labute approximate surface area is 96.3 Å². The van der Waals surface area contributed by atoms with Gasteiger partial charge in [-0.2, -0.15) is 0 Å². The average molecular weight is 268 g/mol. The number of ether oxygens (including phenoxy) is 1. The second-order valence-corrected chi connectivity index (χ2v) is 8.95. The van der Waals surface area contributed by atoms with Crippen molar-refractivity contribution in [3.05, 3.63) is 12.3 Å². The molecule has 0 bridgehead atoms. The van der Waals surface area contributed by atoms with Crippen LogP contribution in [0.25, 0.3) is 0 Å². The van der Waals surface area contributed by atoms with Crippen molar-refractivity contribution in [3.63, 3.8) is 0 Å². The first kappa shape index (κ1) is 13.5. The minimum Gasteiger partial charge on any atom is -0.500 e. The molecule has 0 saturated carbocycles. The largest absolute Gasteiger partial charge is 0.500 e. The van der Waals surface area contributed by atoms with Gasteiger partial charge < -0.3 is 4.74 Å². The zero-order valence-electron chi connectivity index (χ0n) is 9.34. The van der Waals surface area contributed by atoms with Crippen molar-refractivity contribution in [2.45, 2.75) is 18.6 Å². The number of allylic oxidation sites excluding steroid dienone is 1. The number of rotatable bonds is 3. The topological polar surface area (TPSA) is 77.5 Å². The SMILES string of the molecule is C/C=C/OCC1(C)CS(=O)(=O)CCS1(=O)=O. The summed E-state index contributed by atoms with van der Waals surface area (Å²) < 4.78 is 50.2. The van der Waals surface area contributed by atoms with E-state index in [1.54, 1.807) is 13.0 Å². The monoisotopic (exact) mass is 268 g/mol. The molecule has 0 radical (unpaired) electrons. The number of hydrogen-bond donors (Lipinski definition) is 0. The molecule has 1 saturated heterocycles. The van der Waals surface area contributed by atoms with Crippen molar-refractivity contribution in [1.29, 1.82) is 0 Å². The van der Waals surface area contributed by atoms with Gasteiger partial charge in [0.2, 0.25) is 0 Å². The molecular weight excluding hydrogens is 252 g/mol. The Morgan fingerprint density at radius 3 is 2.44 bits per heavy atom. The van der Waals surface area contributed by atoms with E-state index in [0.717, 1.165) is 0 Å². The van der Waals surface area contributed by atoms with E-state index in [-0.39, 0.29) is 23.9 Å². The Kier molecular flexibility index (Phi) is 3.69. The van der Waals surface area contributed by atoms with Crippen molar-refractivity contribution in [1.82, 2.24) is 0 Å². The zero-order valence-corrected chi connectivity index (χ0v) is 11.0. The molecule has 1 atom stereocenters. The van der Waals surface area contributed by atoms with Gasteiger partial charge in [-0.3, -0.25) is 0 Å². The molecule has 0 N–H and O–H groups in total. The summed E-state index contributed by atoms with van der Waals surface area (Å²) >= 11 is 0. The van der Waals surface area contributed by atoms with Gasteiger partial charge in [0.25, 0.3) is 0 Å². The van der Waals surface area contributed by atoms with Crippen LogP contribution in [-0.2, 0) is 24.4 Å². The van der Waals surface area contributed by atoms with Gasteiger partial charge in [-0.05, 0) is 13.8 Å². The van der Waals surface area contributed by atoms with Crippen molar-refractivity contribution >= 4 is 19.7 Å². The maximum absolute atomic E-state index is 11.8. The lowest BCUT2D eigenvalue weighted by Gasteiger charge is -2.31. The molecule has 0 aromatic rings. The van der Waals surface area contributed by atoms with Crippen LogP contribution in [0.5, 0.6) is 0 Å². The van der Waals surface area contributed by atoms with Crippen LogP contribution >= 0.6 is 0 Å². The maximum Gasteiger partial charge on any atom is 0.161 e. The lowest BCUT2D eigenvalue weighted by Crippen LogP contribution is -2.52. The van der Waals surface area contributed by atoms with Crippen LogP contribution in [0.1, 0.15) is 13.8 Å². The normalized spacial score (nSPS) is 32.6. The van der Waals surface area contributed by atoms with E-state index >= 15 is 0 Å². The van der Waals surface area contributed by atoms with Crippen molar-refractivity contribution in [2.24, 2.45) is 0 Å². The fourth-order valence-electron chi connectivity index (χ4n) is 1.56. The van der Waals surface area contributed by atoms with Crippen LogP contribution in [0.2, 0.25) is 0 Å². The van der Waals surface area contributed by atoms with Crippen LogP contribution in [0.4, 0.5) is 0 Å². The average Bonchev–Trinajstić information content (AvgIpc) is 2.13. The van der Waals surface area contributed by atoms with Crippen LogP contribution in [-0.4, -0.2) is 45.4 Å². The molecule has 0 amide bonds. The van der Waals surface area contributed by atoms with Crippen LogP contribution in [0, 0.1) is 0 Å². The van der Waals surface area contributed by atoms with Gasteiger partial charge in [-0.15, -0.1) is 0 Å². The minimum absolute atomic E-state index is 0.126. The highest BCUT2D eigenvalue weighted by Gasteiger charge is 2.47. The minimum atomic E-state index is -3.41. The zero-order chi connectivity index (χ0) is 12.4. The molecule has 1 aliphatic heterocycles. The number of hydrogen-bond acceptors (Lipinski definition) is 5. The van der Waals surface area contributed by atoms with Crippen LogP contribution < -0.4 is 0 Å². The lowest BCUT2D eigenvalue weighted by atomic mass is 10.2. The first-order valence-corrected chi connectivity index (χ1v) is 8.35. The van der Waals surface area contributed by atoms with Gasteiger partial charge in [-0.25, -0.2) is 16.8 Å². The molecule has 1 unspecified atom stereocenters. The quantitative estimate of drug-likeness (QED) is 0.680. The van der Waals surface area contributed by atoms with E-state index in [2.05, 4.69) is 0 Å². The predicted molar refractivity (Wildman–Crippen MR) is 61.6 cm³/mol. The summed E-state index contributed by atoms with van der Waals surface area (Å²) in [7, 11) is -6.69. The molecule has 0 aliphatic carbocycles. The van der Waals surface area contributed by atoms with E-state index in [0.29, 0.717) is 0 Å². The Hall–Kier alpha value is -0.560. The second-order valence-electron chi connectivity index (χ2n) is 4.14. The Morgan fingerprint density at radius 1 is 1.25 bits per heavy atom. The first-order chi connectivity index (χ1) is 7.22. The third kappa shape index (κ3) is 2.76. The van der Waals surface area contributed by atoms with E-state index in [1.165, 1.54) is 13.2 Å². The molecule has 1 heterocycles. The van der Waals surface area contributed by atoms with Crippen molar-refractivity contribution in [3.8, 4) is 0 Å². The maximum atomic E-state index is 11.8. The van der Waals surface area contributed by atoms with Crippen molar-refractivity contribution in [2.75, 3.05) is 23.9 Å². The molecule has 16 heavy (non-hydrogen) atoms. The summed E-state index contributed by atoms with van der Waals surface area (Å²) in [6, 6.07) is 0. The molecule has 5 nitrogen and oxygen atoms in total. The molecule has 1 aliphatic rings. The molecule has 1 fully saturated rings. The van der Waals surface area contributed by atoms with E-state index < -0.39 is 24.4 Å². The summed E-state index contributed by atoms with van der Waals surface area (Å²) in [5.41, 5.74) is 0. The van der Waals surface area contributed by atoms with E-state index in [4.69, 9.17) is 4.74 Å². The van der Waals surface area contributed by atoms with Crippen LogP contribution in [0.15, 0.2) is 12.3 Å². The Morgan fingerprint density at radius 2 is 1.88 bits per heavy atom. The van der Waals surface area contributed by atoms with E-state index in [9.17, 15) is 16.8 Å². The van der Waals surface area contributed by atoms with Gasteiger partial charge in [0.05, 0.1) is 23.5 Å². The molecular formula is C9H16O5S2. The highest BCUT2D eigenvalue weighted by Crippen LogP contribution is 2.26. The summed E-state index contributed by atoms with van der Waals surface area (Å²) in [6.45, 7) is 3.02. The molecule has 94 valence electrons. The Balaban J connectivity index is 2.96. The molecule has 1 rings (SSSR count). The summed E-state index contributed by atoms with van der Waals surface area (Å²) in [5.74, 6) is -0.959.